The summed E-state index contributed by atoms with van der Waals surface area (Å²) in [6.45, 7) is 1.19. The SMILES string of the molecule is CN(Cc1cnn(C)c1)C(=O)CC12CC3CC(C1)CC(CC(=O)N(C)Cc1cnn(C)c1)(C3)C2. The van der Waals surface area contributed by atoms with Gasteiger partial charge in [-0.2, -0.15) is 10.2 Å². The summed E-state index contributed by atoms with van der Waals surface area (Å²) in [4.78, 5) is 30.3. The first-order chi connectivity index (χ1) is 16.1. The van der Waals surface area contributed by atoms with Gasteiger partial charge in [0.05, 0.1) is 12.4 Å². The lowest BCUT2D eigenvalue weighted by atomic mass is 9.43. The van der Waals surface area contributed by atoms with Gasteiger partial charge >= 0.3 is 0 Å². The van der Waals surface area contributed by atoms with Crippen molar-refractivity contribution in [2.45, 2.75) is 64.5 Å². The highest BCUT2D eigenvalue weighted by atomic mass is 16.2. The minimum atomic E-state index is 0.0621. The summed E-state index contributed by atoms with van der Waals surface area (Å²) in [5.74, 6) is 1.77. The maximum atomic E-state index is 13.3. The van der Waals surface area contributed by atoms with Crippen molar-refractivity contribution in [3.05, 3.63) is 35.9 Å². The Kier molecular flexibility index (Phi) is 5.81. The minimum Gasteiger partial charge on any atom is -0.341 e. The number of aryl methyl sites for hydroxylation is 2. The summed E-state index contributed by atoms with van der Waals surface area (Å²) in [5, 5.41) is 8.45. The topological polar surface area (TPSA) is 76.3 Å². The third-order valence-corrected chi connectivity index (χ3v) is 8.56. The normalized spacial score (nSPS) is 29.4. The van der Waals surface area contributed by atoms with Crippen molar-refractivity contribution >= 4 is 11.8 Å². The average Bonchev–Trinajstić information content (AvgIpc) is 3.33. The molecule has 0 atom stereocenters. The highest BCUT2D eigenvalue weighted by molar-refractivity contribution is 5.78. The van der Waals surface area contributed by atoms with Crippen molar-refractivity contribution in [3.63, 3.8) is 0 Å². The van der Waals surface area contributed by atoms with Crippen LogP contribution in [0.25, 0.3) is 0 Å². The standard InChI is InChI=1S/C26H38N6O2/c1-29(14-21-12-27-31(3)16-21)23(33)10-25-6-19-5-20(7-25)9-26(8-19,18-25)11-24(34)30(2)15-22-13-28-32(4)17-22/h12-13,16-17,19-20H,5-11,14-15,18H2,1-4H3. The molecule has 0 radical (unpaired) electrons. The van der Waals surface area contributed by atoms with Crippen LogP contribution >= 0.6 is 0 Å². The van der Waals surface area contributed by atoms with Crippen molar-refractivity contribution in [1.29, 1.82) is 0 Å². The van der Waals surface area contributed by atoms with E-state index < -0.39 is 0 Å². The molecule has 4 aliphatic carbocycles. The first kappa shape index (κ1) is 23.1. The molecule has 2 heterocycles. The third-order valence-electron chi connectivity index (χ3n) is 8.56. The van der Waals surface area contributed by atoms with Crippen LogP contribution in [-0.4, -0.2) is 55.3 Å². The van der Waals surface area contributed by atoms with Crippen LogP contribution in [0.5, 0.6) is 0 Å². The maximum absolute atomic E-state index is 13.3. The van der Waals surface area contributed by atoms with Gasteiger partial charge in [-0.15, -0.1) is 0 Å². The second kappa shape index (κ2) is 8.54. The molecule has 2 aromatic heterocycles. The third kappa shape index (κ3) is 4.64. The van der Waals surface area contributed by atoms with E-state index in [0.29, 0.717) is 37.8 Å². The molecule has 8 nitrogen and oxygen atoms in total. The van der Waals surface area contributed by atoms with E-state index >= 15 is 0 Å². The number of aromatic nitrogens is 4. The predicted octanol–water partition coefficient (Wildman–Crippen LogP) is 3.14. The molecule has 4 aliphatic rings. The number of nitrogens with zero attached hydrogens (tertiary/aromatic N) is 6. The number of hydrogen-bond acceptors (Lipinski definition) is 4. The Morgan fingerprint density at radius 1 is 0.853 bits per heavy atom. The Morgan fingerprint density at radius 3 is 1.62 bits per heavy atom. The number of rotatable bonds is 8. The molecule has 6 rings (SSSR count). The molecular formula is C26H38N6O2. The van der Waals surface area contributed by atoms with Gasteiger partial charge in [-0.3, -0.25) is 19.0 Å². The van der Waals surface area contributed by atoms with Gasteiger partial charge in [0.15, 0.2) is 0 Å². The van der Waals surface area contributed by atoms with Crippen LogP contribution in [0.15, 0.2) is 24.8 Å². The van der Waals surface area contributed by atoms with Crippen LogP contribution in [0.1, 0.15) is 62.5 Å². The molecule has 4 bridgehead atoms. The molecular weight excluding hydrogens is 428 g/mol. The quantitative estimate of drug-likeness (QED) is 0.599. The summed E-state index contributed by atoms with van der Waals surface area (Å²) >= 11 is 0. The fourth-order valence-electron chi connectivity index (χ4n) is 7.81. The molecule has 0 aliphatic heterocycles. The van der Waals surface area contributed by atoms with Crippen molar-refractivity contribution in [2.24, 2.45) is 36.8 Å². The molecule has 0 saturated heterocycles. The number of carbonyl (C=O) groups excluding carboxylic acids is 2. The van der Waals surface area contributed by atoms with Crippen LogP contribution in [0.2, 0.25) is 0 Å². The van der Waals surface area contributed by atoms with Crippen LogP contribution in [0.3, 0.4) is 0 Å². The summed E-state index contributed by atoms with van der Waals surface area (Å²) in [6, 6.07) is 0. The zero-order chi connectivity index (χ0) is 24.1. The number of amides is 2. The fourth-order valence-corrected chi connectivity index (χ4v) is 7.81. The van der Waals surface area contributed by atoms with Gasteiger partial charge in [0, 0.05) is 77.6 Å². The lowest BCUT2D eigenvalue weighted by molar-refractivity contribution is -0.154. The smallest absolute Gasteiger partial charge is 0.223 e. The fraction of sp³-hybridized carbons (Fsp3) is 0.692. The lowest BCUT2D eigenvalue weighted by Gasteiger charge is -2.62. The molecule has 4 fully saturated rings. The Balaban J connectivity index is 1.25. The molecule has 4 saturated carbocycles. The highest BCUT2D eigenvalue weighted by Crippen LogP contribution is 2.67. The van der Waals surface area contributed by atoms with Crippen LogP contribution in [0.4, 0.5) is 0 Å². The molecule has 0 spiro atoms. The van der Waals surface area contributed by atoms with E-state index in [4.69, 9.17) is 0 Å². The average molecular weight is 467 g/mol. The van der Waals surface area contributed by atoms with Crippen LogP contribution in [-0.2, 0) is 36.8 Å². The zero-order valence-electron chi connectivity index (χ0n) is 21.0. The monoisotopic (exact) mass is 466 g/mol. The van der Waals surface area contributed by atoms with Gasteiger partial charge in [-0.05, 0) is 61.2 Å². The van der Waals surface area contributed by atoms with Gasteiger partial charge in [0.25, 0.3) is 0 Å². The second-order valence-electron chi connectivity index (χ2n) is 11.9. The summed E-state index contributed by atoms with van der Waals surface area (Å²) in [7, 11) is 7.61. The first-order valence-electron chi connectivity index (χ1n) is 12.6. The molecule has 0 N–H and O–H groups in total. The van der Waals surface area contributed by atoms with E-state index in [1.54, 1.807) is 9.36 Å². The Labute approximate surface area is 202 Å². The maximum Gasteiger partial charge on any atom is 0.223 e. The van der Waals surface area contributed by atoms with E-state index in [1.165, 1.54) is 6.42 Å². The van der Waals surface area contributed by atoms with Gasteiger partial charge < -0.3 is 9.80 Å². The zero-order valence-corrected chi connectivity index (χ0v) is 21.0. The molecule has 8 heteroatoms. The van der Waals surface area contributed by atoms with Crippen molar-refractivity contribution in [2.75, 3.05) is 14.1 Å². The van der Waals surface area contributed by atoms with Gasteiger partial charge in [0.2, 0.25) is 11.8 Å². The van der Waals surface area contributed by atoms with Crippen LogP contribution < -0.4 is 0 Å². The molecule has 2 amide bonds. The largest absolute Gasteiger partial charge is 0.341 e. The Bertz CT molecular complexity index is 977. The predicted molar refractivity (Wildman–Crippen MR) is 128 cm³/mol. The summed E-state index contributed by atoms with van der Waals surface area (Å²) in [6.07, 6.45) is 15.7. The van der Waals surface area contributed by atoms with E-state index in [-0.39, 0.29) is 22.6 Å². The first-order valence-corrected chi connectivity index (χ1v) is 12.6. The summed E-state index contributed by atoms with van der Waals surface area (Å²) < 4.78 is 3.55. The number of hydrogen-bond donors (Lipinski definition) is 0. The second-order valence-corrected chi connectivity index (χ2v) is 11.9. The van der Waals surface area contributed by atoms with Gasteiger partial charge in [-0.1, -0.05) is 0 Å². The van der Waals surface area contributed by atoms with Gasteiger partial charge in [0.1, 0.15) is 0 Å². The highest BCUT2D eigenvalue weighted by Gasteiger charge is 2.58. The van der Waals surface area contributed by atoms with Crippen molar-refractivity contribution in [3.8, 4) is 0 Å². The lowest BCUT2D eigenvalue weighted by Crippen LogP contribution is -2.54. The van der Waals surface area contributed by atoms with E-state index in [0.717, 1.165) is 43.2 Å². The molecule has 34 heavy (non-hydrogen) atoms. The Morgan fingerprint density at radius 2 is 1.26 bits per heavy atom. The van der Waals surface area contributed by atoms with E-state index in [1.807, 2.05) is 62.8 Å². The van der Waals surface area contributed by atoms with Crippen LogP contribution in [0, 0.1) is 22.7 Å². The Hall–Kier alpha value is -2.64. The minimum absolute atomic E-state index is 0.0621. The van der Waals surface area contributed by atoms with Crippen molar-refractivity contribution in [1.82, 2.24) is 29.4 Å². The van der Waals surface area contributed by atoms with E-state index in [2.05, 4.69) is 10.2 Å². The molecule has 184 valence electrons. The number of carbonyl (C=O) groups is 2. The molecule has 2 aromatic rings. The van der Waals surface area contributed by atoms with Gasteiger partial charge in [-0.25, -0.2) is 0 Å². The van der Waals surface area contributed by atoms with Crippen molar-refractivity contribution < 1.29 is 9.59 Å². The molecule has 0 unspecified atom stereocenters. The van der Waals surface area contributed by atoms with E-state index in [9.17, 15) is 9.59 Å². The summed E-state index contributed by atoms with van der Waals surface area (Å²) in [5.41, 5.74) is 2.24. The molecule has 0 aromatic carbocycles.